The lowest BCUT2D eigenvalue weighted by Gasteiger charge is -2.08. The summed E-state index contributed by atoms with van der Waals surface area (Å²) >= 11 is 0. The van der Waals surface area contributed by atoms with Gasteiger partial charge in [0.15, 0.2) is 0 Å². The molecular weight excluding hydrogens is 204 g/mol. The molecule has 0 spiro atoms. The second-order valence-electron chi connectivity index (χ2n) is 4.29. The van der Waals surface area contributed by atoms with E-state index in [4.69, 9.17) is 0 Å². The molecule has 0 amide bonds. The van der Waals surface area contributed by atoms with Crippen molar-refractivity contribution in [2.75, 3.05) is 7.11 Å². The van der Waals surface area contributed by atoms with Crippen molar-refractivity contribution in [3.63, 3.8) is 0 Å². The van der Waals surface area contributed by atoms with E-state index in [1.54, 1.807) is 0 Å². The Labute approximate surface area is 94.4 Å². The summed E-state index contributed by atoms with van der Waals surface area (Å²) < 4.78 is 4.67. The SMILES string of the molecule is COC(=O)C1CC1(C=O)Cc1ccccc1. The predicted molar refractivity (Wildman–Crippen MR) is 58.8 cm³/mol. The molecular formula is C13H14O3. The molecule has 0 radical (unpaired) electrons. The summed E-state index contributed by atoms with van der Waals surface area (Å²) in [6.45, 7) is 0. The number of esters is 1. The zero-order valence-corrected chi connectivity index (χ0v) is 9.18. The van der Waals surface area contributed by atoms with Crippen LogP contribution in [0.2, 0.25) is 0 Å². The van der Waals surface area contributed by atoms with Gasteiger partial charge in [0.25, 0.3) is 0 Å². The van der Waals surface area contributed by atoms with E-state index in [0.29, 0.717) is 12.8 Å². The molecule has 1 saturated carbocycles. The monoisotopic (exact) mass is 218 g/mol. The Morgan fingerprint density at radius 2 is 2.19 bits per heavy atom. The van der Waals surface area contributed by atoms with Crippen LogP contribution in [0.1, 0.15) is 12.0 Å². The van der Waals surface area contributed by atoms with Crippen LogP contribution >= 0.6 is 0 Å². The quantitative estimate of drug-likeness (QED) is 0.569. The minimum absolute atomic E-state index is 0.254. The molecule has 1 aliphatic carbocycles. The highest BCUT2D eigenvalue weighted by atomic mass is 16.5. The molecule has 1 aromatic carbocycles. The second-order valence-corrected chi connectivity index (χ2v) is 4.29. The Morgan fingerprint density at radius 3 is 2.75 bits per heavy atom. The molecule has 0 saturated heterocycles. The van der Waals surface area contributed by atoms with Gasteiger partial charge in [0, 0.05) is 5.41 Å². The predicted octanol–water partition coefficient (Wildman–Crippen LogP) is 1.61. The van der Waals surface area contributed by atoms with Crippen molar-refractivity contribution < 1.29 is 14.3 Å². The summed E-state index contributed by atoms with van der Waals surface area (Å²) in [5, 5.41) is 0. The molecule has 3 heteroatoms. The highest BCUT2D eigenvalue weighted by molar-refractivity contribution is 5.85. The number of methoxy groups -OCH3 is 1. The molecule has 3 nitrogen and oxygen atoms in total. The zero-order chi connectivity index (χ0) is 11.6. The third-order valence-electron chi connectivity index (χ3n) is 3.21. The van der Waals surface area contributed by atoms with Gasteiger partial charge in [-0.2, -0.15) is 0 Å². The van der Waals surface area contributed by atoms with Crippen molar-refractivity contribution in [3.05, 3.63) is 35.9 Å². The maximum Gasteiger partial charge on any atom is 0.309 e. The number of rotatable bonds is 4. The third-order valence-corrected chi connectivity index (χ3v) is 3.21. The highest BCUT2D eigenvalue weighted by Gasteiger charge is 2.59. The molecule has 2 rings (SSSR count). The number of carbonyl (C=O) groups excluding carboxylic acids is 2. The van der Waals surface area contributed by atoms with Crippen molar-refractivity contribution in [2.45, 2.75) is 12.8 Å². The van der Waals surface area contributed by atoms with E-state index in [2.05, 4.69) is 4.74 Å². The maximum absolute atomic E-state index is 11.4. The first-order chi connectivity index (χ1) is 7.72. The molecule has 1 fully saturated rings. The Morgan fingerprint density at radius 1 is 1.50 bits per heavy atom. The summed E-state index contributed by atoms with van der Waals surface area (Å²) in [6.07, 6.45) is 2.14. The van der Waals surface area contributed by atoms with Crippen LogP contribution in [0.4, 0.5) is 0 Å². The Bertz CT molecular complexity index is 399. The Hall–Kier alpha value is -1.64. The van der Waals surface area contributed by atoms with Crippen LogP contribution in [0.25, 0.3) is 0 Å². The molecule has 0 heterocycles. The second kappa shape index (κ2) is 4.08. The molecule has 84 valence electrons. The highest BCUT2D eigenvalue weighted by Crippen LogP contribution is 2.53. The average Bonchev–Trinajstić information content (AvgIpc) is 3.04. The van der Waals surface area contributed by atoms with Crippen molar-refractivity contribution in [1.29, 1.82) is 0 Å². The molecule has 16 heavy (non-hydrogen) atoms. The fourth-order valence-electron chi connectivity index (χ4n) is 2.12. The molecule has 0 aliphatic heterocycles. The molecule has 1 aromatic rings. The maximum atomic E-state index is 11.4. The van der Waals surface area contributed by atoms with Gasteiger partial charge in [0.2, 0.25) is 0 Å². The minimum Gasteiger partial charge on any atom is -0.469 e. The fourth-order valence-corrected chi connectivity index (χ4v) is 2.12. The van der Waals surface area contributed by atoms with Crippen molar-refractivity contribution in [2.24, 2.45) is 11.3 Å². The van der Waals surface area contributed by atoms with Crippen LogP contribution in [0, 0.1) is 11.3 Å². The van der Waals surface area contributed by atoms with Crippen LogP contribution in [0.15, 0.2) is 30.3 Å². The smallest absolute Gasteiger partial charge is 0.309 e. The lowest BCUT2D eigenvalue weighted by Crippen LogP contribution is -2.16. The molecule has 2 atom stereocenters. The number of hydrogen-bond donors (Lipinski definition) is 0. The normalized spacial score (nSPS) is 27.2. The number of benzene rings is 1. The van der Waals surface area contributed by atoms with Gasteiger partial charge in [0.05, 0.1) is 13.0 Å². The first-order valence-electron chi connectivity index (χ1n) is 5.30. The summed E-state index contributed by atoms with van der Waals surface area (Å²) in [4.78, 5) is 22.5. The van der Waals surface area contributed by atoms with E-state index in [1.807, 2.05) is 30.3 Å². The Kier molecular flexibility index (Phi) is 2.77. The number of hydrogen-bond acceptors (Lipinski definition) is 3. The van der Waals surface area contributed by atoms with Crippen LogP contribution in [-0.4, -0.2) is 19.4 Å². The molecule has 2 unspecified atom stereocenters. The first kappa shape index (κ1) is 10.9. The van der Waals surface area contributed by atoms with Crippen LogP contribution < -0.4 is 0 Å². The molecule has 0 bridgehead atoms. The summed E-state index contributed by atoms with van der Waals surface area (Å²) in [7, 11) is 1.36. The van der Waals surface area contributed by atoms with Crippen LogP contribution in [0.3, 0.4) is 0 Å². The Balaban J connectivity index is 2.09. The van der Waals surface area contributed by atoms with Gasteiger partial charge in [-0.05, 0) is 18.4 Å². The average molecular weight is 218 g/mol. The van der Waals surface area contributed by atoms with E-state index in [9.17, 15) is 9.59 Å². The van der Waals surface area contributed by atoms with Gasteiger partial charge in [-0.1, -0.05) is 30.3 Å². The van der Waals surface area contributed by atoms with E-state index in [1.165, 1.54) is 7.11 Å². The lowest BCUT2D eigenvalue weighted by molar-refractivity contribution is -0.143. The molecule has 0 N–H and O–H groups in total. The van der Waals surface area contributed by atoms with Gasteiger partial charge in [-0.3, -0.25) is 4.79 Å². The van der Waals surface area contributed by atoms with Crippen LogP contribution in [0.5, 0.6) is 0 Å². The van der Waals surface area contributed by atoms with E-state index >= 15 is 0 Å². The standard InChI is InChI=1S/C13H14O3/c1-16-12(15)11-8-13(11,9-14)7-10-5-3-2-4-6-10/h2-6,9,11H,7-8H2,1H3. The molecule has 0 aromatic heterocycles. The van der Waals surface area contributed by atoms with E-state index in [0.717, 1.165) is 11.8 Å². The van der Waals surface area contributed by atoms with Gasteiger partial charge >= 0.3 is 5.97 Å². The van der Waals surface area contributed by atoms with Gasteiger partial charge in [-0.25, -0.2) is 0 Å². The minimum atomic E-state index is -0.519. The summed E-state index contributed by atoms with van der Waals surface area (Å²) in [5.41, 5.74) is 0.565. The summed E-state index contributed by atoms with van der Waals surface area (Å²) in [5.74, 6) is -0.529. The first-order valence-corrected chi connectivity index (χ1v) is 5.30. The van der Waals surface area contributed by atoms with E-state index < -0.39 is 5.41 Å². The summed E-state index contributed by atoms with van der Waals surface area (Å²) in [6, 6.07) is 9.74. The van der Waals surface area contributed by atoms with Gasteiger partial charge < -0.3 is 9.53 Å². The van der Waals surface area contributed by atoms with Crippen molar-refractivity contribution in [1.82, 2.24) is 0 Å². The lowest BCUT2D eigenvalue weighted by atomic mass is 9.95. The largest absolute Gasteiger partial charge is 0.469 e. The van der Waals surface area contributed by atoms with Gasteiger partial charge in [0.1, 0.15) is 6.29 Å². The zero-order valence-electron chi connectivity index (χ0n) is 9.18. The number of carbonyl (C=O) groups is 2. The third kappa shape index (κ3) is 1.85. The number of ether oxygens (including phenoxy) is 1. The fraction of sp³-hybridized carbons (Fsp3) is 0.385. The van der Waals surface area contributed by atoms with Crippen LogP contribution in [-0.2, 0) is 20.7 Å². The van der Waals surface area contributed by atoms with Crippen molar-refractivity contribution in [3.8, 4) is 0 Å². The topological polar surface area (TPSA) is 43.4 Å². The van der Waals surface area contributed by atoms with E-state index in [-0.39, 0.29) is 11.9 Å². The van der Waals surface area contributed by atoms with Gasteiger partial charge in [-0.15, -0.1) is 0 Å². The van der Waals surface area contributed by atoms with Crippen molar-refractivity contribution >= 4 is 12.3 Å². The molecule has 1 aliphatic rings. The number of aldehydes is 1.